The SMILES string of the molecule is O=S(=O)(NN=Cc1ccc2ccccc2c1O)c1ccc(Br)cc1. The summed E-state index contributed by atoms with van der Waals surface area (Å²) in [6.07, 6.45) is 1.28. The number of aromatic hydroxyl groups is 1. The second kappa shape index (κ2) is 6.62. The Morgan fingerprint density at radius 2 is 1.71 bits per heavy atom. The highest BCUT2D eigenvalue weighted by atomic mass is 79.9. The Hall–Kier alpha value is -2.38. The number of fused-ring (bicyclic) bond motifs is 1. The summed E-state index contributed by atoms with van der Waals surface area (Å²) in [4.78, 5) is 2.24. The maximum atomic E-state index is 12.1. The van der Waals surface area contributed by atoms with Gasteiger partial charge in [0.2, 0.25) is 0 Å². The number of hydrogen-bond acceptors (Lipinski definition) is 4. The molecule has 7 heteroatoms. The molecule has 3 rings (SSSR count). The molecule has 0 fully saturated rings. The standard InChI is InChI=1S/C17H13BrN2O3S/c18-14-7-9-15(10-8-14)24(22,23)20-19-11-13-6-5-12-3-1-2-4-16(12)17(13)21/h1-11,20-21H. The second-order valence-electron chi connectivity index (χ2n) is 5.03. The van der Waals surface area contributed by atoms with Crippen LogP contribution in [0.15, 0.2) is 75.1 Å². The van der Waals surface area contributed by atoms with Crippen molar-refractivity contribution in [2.75, 3.05) is 0 Å². The number of hydrogen-bond donors (Lipinski definition) is 2. The molecule has 0 saturated carbocycles. The molecule has 0 spiro atoms. The lowest BCUT2D eigenvalue weighted by atomic mass is 10.1. The first-order chi connectivity index (χ1) is 11.5. The largest absolute Gasteiger partial charge is 0.507 e. The van der Waals surface area contributed by atoms with Crippen molar-refractivity contribution in [1.82, 2.24) is 4.83 Å². The van der Waals surface area contributed by atoms with Crippen molar-refractivity contribution < 1.29 is 13.5 Å². The molecule has 122 valence electrons. The van der Waals surface area contributed by atoms with Gasteiger partial charge < -0.3 is 5.11 Å². The molecular formula is C17H13BrN2O3S. The van der Waals surface area contributed by atoms with Gasteiger partial charge in [-0.05, 0) is 35.7 Å². The Morgan fingerprint density at radius 1 is 1.00 bits per heavy atom. The van der Waals surface area contributed by atoms with Crippen molar-refractivity contribution in [2.24, 2.45) is 5.10 Å². The second-order valence-corrected chi connectivity index (χ2v) is 7.61. The number of rotatable bonds is 4. The topological polar surface area (TPSA) is 78.8 Å². The van der Waals surface area contributed by atoms with Crippen LogP contribution in [0, 0.1) is 0 Å². The monoisotopic (exact) mass is 404 g/mol. The number of phenols is 1. The minimum atomic E-state index is -3.75. The van der Waals surface area contributed by atoms with Gasteiger partial charge >= 0.3 is 0 Å². The van der Waals surface area contributed by atoms with E-state index in [1.165, 1.54) is 18.3 Å². The van der Waals surface area contributed by atoms with Crippen LogP contribution in [0.5, 0.6) is 5.75 Å². The molecule has 3 aromatic rings. The number of sulfonamides is 1. The summed E-state index contributed by atoms with van der Waals surface area (Å²) in [6, 6.07) is 17.1. The third-order valence-corrected chi connectivity index (χ3v) is 5.20. The number of nitrogens with one attached hydrogen (secondary N) is 1. The predicted octanol–water partition coefficient (Wildman–Crippen LogP) is 3.62. The number of benzene rings is 3. The summed E-state index contributed by atoms with van der Waals surface area (Å²) in [5.74, 6) is 0.0553. The van der Waals surface area contributed by atoms with E-state index in [9.17, 15) is 13.5 Å². The zero-order valence-electron chi connectivity index (χ0n) is 12.3. The minimum Gasteiger partial charge on any atom is -0.507 e. The molecule has 0 aliphatic rings. The van der Waals surface area contributed by atoms with E-state index in [4.69, 9.17) is 0 Å². The smallest absolute Gasteiger partial charge is 0.276 e. The number of nitrogens with zero attached hydrogens (tertiary/aromatic N) is 1. The molecule has 3 aromatic carbocycles. The first-order valence-corrected chi connectivity index (χ1v) is 9.26. The Balaban J connectivity index is 1.84. The molecule has 0 radical (unpaired) electrons. The quantitative estimate of drug-likeness (QED) is 0.514. The van der Waals surface area contributed by atoms with Crippen molar-refractivity contribution in [1.29, 1.82) is 0 Å². The maximum absolute atomic E-state index is 12.1. The molecule has 0 atom stereocenters. The molecule has 5 nitrogen and oxygen atoms in total. The van der Waals surface area contributed by atoms with Crippen LogP contribution in [0.25, 0.3) is 10.8 Å². The normalized spacial score (nSPS) is 11.9. The molecular weight excluding hydrogens is 392 g/mol. The zero-order valence-corrected chi connectivity index (χ0v) is 14.8. The van der Waals surface area contributed by atoms with Gasteiger partial charge in [-0.25, -0.2) is 4.83 Å². The van der Waals surface area contributed by atoms with Crippen LogP contribution in [0.4, 0.5) is 0 Å². The average Bonchev–Trinajstić information content (AvgIpc) is 2.57. The van der Waals surface area contributed by atoms with E-state index < -0.39 is 10.0 Å². The van der Waals surface area contributed by atoms with Crippen LogP contribution in [0.1, 0.15) is 5.56 Å². The summed E-state index contributed by atoms with van der Waals surface area (Å²) in [7, 11) is -3.75. The number of phenolic OH excluding ortho intramolecular Hbond substituents is 1. The van der Waals surface area contributed by atoms with Gasteiger partial charge in [-0.1, -0.05) is 46.3 Å². The Bertz CT molecular complexity index is 1020. The fraction of sp³-hybridized carbons (Fsp3) is 0. The van der Waals surface area contributed by atoms with Crippen molar-refractivity contribution in [2.45, 2.75) is 4.90 Å². The average molecular weight is 405 g/mol. The van der Waals surface area contributed by atoms with Crippen molar-refractivity contribution in [3.05, 3.63) is 70.7 Å². The van der Waals surface area contributed by atoms with E-state index in [1.54, 1.807) is 24.3 Å². The highest BCUT2D eigenvalue weighted by molar-refractivity contribution is 9.10. The summed E-state index contributed by atoms with van der Waals surface area (Å²) in [6.45, 7) is 0. The summed E-state index contributed by atoms with van der Waals surface area (Å²) < 4.78 is 25.0. The van der Waals surface area contributed by atoms with E-state index in [0.717, 1.165) is 9.86 Å². The lowest BCUT2D eigenvalue weighted by Gasteiger charge is -2.05. The van der Waals surface area contributed by atoms with Gasteiger partial charge in [0.25, 0.3) is 10.0 Å². The minimum absolute atomic E-state index is 0.0553. The Morgan fingerprint density at radius 3 is 2.46 bits per heavy atom. The van der Waals surface area contributed by atoms with Crippen molar-refractivity contribution in [3.8, 4) is 5.75 Å². The molecule has 2 N–H and O–H groups in total. The van der Waals surface area contributed by atoms with Gasteiger partial charge in [0.15, 0.2) is 0 Å². The number of halogens is 1. The third kappa shape index (κ3) is 3.42. The summed E-state index contributed by atoms with van der Waals surface area (Å²) >= 11 is 3.25. The highest BCUT2D eigenvalue weighted by Gasteiger charge is 2.12. The summed E-state index contributed by atoms with van der Waals surface area (Å²) in [5, 5.41) is 15.6. The van der Waals surface area contributed by atoms with Gasteiger partial charge in [0, 0.05) is 15.4 Å². The maximum Gasteiger partial charge on any atom is 0.276 e. The lowest BCUT2D eigenvalue weighted by molar-refractivity contribution is 0.481. The molecule has 0 amide bonds. The molecule has 0 saturated heterocycles. The van der Waals surface area contributed by atoms with Crippen LogP contribution >= 0.6 is 15.9 Å². The van der Waals surface area contributed by atoms with Crippen LogP contribution in [-0.4, -0.2) is 19.7 Å². The van der Waals surface area contributed by atoms with Gasteiger partial charge in [-0.3, -0.25) is 0 Å². The van der Waals surface area contributed by atoms with Gasteiger partial charge in [0.1, 0.15) is 5.75 Å². The van der Waals surface area contributed by atoms with E-state index in [1.807, 2.05) is 24.3 Å². The predicted molar refractivity (Wildman–Crippen MR) is 97.7 cm³/mol. The van der Waals surface area contributed by atoms with Crippen LogP contribution in [0.3, 0.4) is 0 Å². The lowest BCUT2D eigenvalue weighted by Crippen LogP contribution is -2.18. The first kappa shape index (κ1) is 16.5. The van der Waals surface area contributed by atoms with Gasteiger partial charge in [-0.2, -0.15) is 13.5 Å². The zero-order chi connectivity index (χ0) is 17.2. The third-order valence-electron chi connectivity index (χ3n) is 3.43. The van der Waals surface area contributed by atoms with E-state index in [0.29, 0.717) is 10.9 Å². The van der Waals surface area contributed by atoms with Crippen LogP contribution < -0.4 is 4.83 Å². The van der Waals surface area contributed by atoms with Crippen LogP contribution in [-0.2, 0) is 10.0 Å². The molecule has 24 heavy (non-hydrogen) atoms. The van der Waals surface area contributed by atoms with Crippen LogP contribution in [0.2, 0.25) is 0 Å². The molecule has 0 aromatic heterocycles. The molecule has 0 heterocycles. The van der Waals surface area contributed by atoms with E-state index in [2.05, 4.69) is 25.9 Å². The molecule has 0 aliphatic heterocycles. The van der Waals surface area contributed by atoms with Gasteiger partial charge in [-0.15, -0.1) is 0 Å². The van der Waals surface area contributed by atoms with Gasteiger partial charge in [0.05, 0.1) is 11.1 Å². The van der Waals surface area contributed by atoms with E-state index in [-0.39, 0.29) is 10.6 Å². The number of hydrazone groups is 1. The Labute approximate surface area is 147 Å². The fourth-order valence-electron chi connectivity index (χ4n) is 2.21. The first-order valence-electron chi connectivity index (χ1n) is 6.98. The molecule has 0 unspecified atom stereocenters. The fourth-order valence-corrected chi connectivity index (χ4v) is 3.26. The highest BCUT2D eigenvalue weighted by Crippen LogP contribution is 2.27. The van der Waals surface area contributed by atoms with Crippen molar-refractivity contribution in [3.63, 3.8) is 0 Å². The Kier molecular flexibility index (Phi) is 4.55. The van der Waals surface area contributed by atoms with Crippen molar-refractivity contribution >= 4 is 42.9 Å². The molecule has 0 bridgehead atoms. The van der Waals surface area contributed by atoms with E-state index >= 15 is 0 Å². The molecule has 0 aliphatic carbocycles. The summed E-state index contributed by atoms with van der Waals surface area (Å²) in [5.41, 5.74) is 0.423.